The van der Waals surface area contributed by atoms with Gasteiger partial charge >= 0.3 is 0 Å². The van der Waals surface area contributed by atoms with Gasteiger partial charge in [0.05, 0.1) is 0 Å². The molecule has 4 heteroatoms. The third kappa shape index (κ3) is 1.88. The minimum Gasteiger partial charge on any atom is -0.440 e. The van der Waals surface area contributed by atoms with Gasteiger partial charge < -0.3 is 10.1 Å². The zero-order chi connectivity index (χ0) is 12.4. The van der Waals surface area contributed by atoms with Crippen LogP contribution < -0.4 is 10.1 Å². The van der Waals surface area contributed by atoms with Gasteiger partial charge in [0.25, 0.3) is 0 Å². The van der Waals surface area contributed by atoms with Crippen LogP contribution in [-0.2, 0) is 0 Å². The molecule has 3 rings (SSSR count). The van der Waals surface area contributed by atoms with Crippen molar-refractivity contribution in [1.29, 1.82) is 0 Å². The van der Waals surface area contributed by atoms with Gasteiger partial charge in [0.15, 0.2) is 0 Å². The molecule has 2 heterocycles. The van der Waals surface area contributed by atoms with Crippen molar-refractivity contribution in [2.75, 3.05) is 12.4 Å². The van der Waals surface area contributed by atoms with E-state index in [-0.39, 0.29) is 0 Å². The van der Waals surface area contributed by atoms with Crippen LogP contribution in [0.4, 0.5) is 5.69 Å². The van der Waals surface area contributed by atoms with Gasteiger partial charge in [-0.3, -0.25) is 4.40 Å². The number of hydrogen-bond donors (Lipinski definition) is 1. The zero-order valence-corrected chi connectivity index (χ0v) is 10.00. The van der Waals surface area contributed by atoms with Gasteiger partial charge in [0.1, 0.15) is 11.4 Å². The number of fused-ring (bicyclic) bond motifs is 1. The van der Waals surface area contributed by atoms with E-state index < -0.39 is 0 Å². The quantitative estimate of drug-likeness (QED) is 0.763. The second-order valence-corrected chi connectivity index (χ2v) is 3.90. The van der Waals surface area contributed by atoms with E-state index in [2.05, 4.69) is 10.3 Å². The van der Waals surface area contributed by atoms with Gasteiger partial charge in [-0.05, 0) is 36.4 Å². The van der Waals surface area contributed by atoms with Gasteiger partial charge in [0.2, 0.25) is 5.88 Å². The third-order valence-corrected chi connectivity index (χ3v) is 2.76. The van der Waals surface area contributed by atoms with Crippen molar-refractivity contribution in [2.45, 2.75) is 0 Å². The summed E-state index contributed by atoms with van der Waals surface area (Å²) >= 11 is 0. The number of anilines is 1. The van der Waals surface area contributed by atoms with Crippen molar-refractivity contribution in [3.8, 4) is 11.6 Å². The molecule has 1 aromatic carbocycles. The van der Waals surface area contributed by atoms with Gasteiger partial charge in [-0.1, -0.05) is 6.07 Å². The standard InChI is InChI=1S/C14H13N3O/c1-15-11-5-7-12(8-6-11)18-14-4-2-3-13-16-9-10-17(13)14/h2-10,15H,1H3. The molecule has 0 aliphatic heterocycles. The molecule has 0 aliphatic carbocycles. The largest absolute Gasteiger partial charge is 0.440 e. The number of imidazole rings is 1. The number of benzene rings is 1. The molecule has 0 bridgehead atoms. The average molecular weight is 239 g/mol. The van der Waals surface area contributed by atoms with Crippen molar-refractivity contribution in [3.05, 3.63) is 54.9 Å². The first-order chi connectivity index (χ1) is 8.86. The summed E-state index contributed by atoms with van der Waals surface area (Å²) in [6, 6.07) is 13.6. The van der Waals surface area contributed by atoms with E-state index in [1.165, 1.54) is 0 Å². The Hall–Kier alpha value is -2.49. The molecule has 0 saturated carbocycles. The number of rotatable bonds is 3. The summed E-state index contributed by atoms with van der Waals surface area (Å²) in [5.41, 5.74) is 1.93. The number of nitrogens with zero attached hydrogens (tertiary/aromatic N) is 2. The van der Waals surface area contributed by atoms with E-state index in [0.29, 0.717) is 0 Å². The maximum Gasteiger partial charge on any atom is 0.205 e. The lowest BCUT2D eigenvalue weighted by molar-refractivity contribution is 0.456. The smallest absolute Gasteiger partial charge is 0.205 e. The number of pyridine rings is 1. The highest BCUT2D eigenvalue weighted by atomic mass is 16.5. The molecule has 0 spiro atoms. The predicted octanol–water partition coefficient (Wildman–Crippen LogP) is 3.17. The minimum atomic E-state index is 0.752. The molecule has 0 amide bonds. The normalized spacial score (nSPS) is 10.5. The molecule has 0 atom stereocenters. The van der Waals surface area contributed by atoms with Crippen molar-refractivity contribution in [1.82, 2.24) is 9.38 Å². The monoisotopic (exact) mass is 239 g/mol. The summed E-state index contributed by atoms with van der Waals surface area (Å²) in [6.45, 7) is 0. The van der Waals surface area contributed by atoms with Crippen molar-refractivity contribution in [2.24, 2.45) is 0 Å². The van der Waals surface area contributed by atoms with Crippen molar-refractivity contribution < 1.29 is 4.74 Å². The second-order valence-electron chi connectivity index (χ2n) is 3.90. The van der Waals surface area contributed by atoms with Gasteiger partial charge in [-0.2, -0.15) is 0 Å². The molecule has 0 fully saturated rings. The summed E-state index contributed by atoms with van der Waals surface area (Å²) in [7, 11) is 1.89. The fourth-order valence-electron chi connectivity index (χ4n) is 1.82. The second kappa shape index (κ2) is 4.41. The van der Waals surface area contributed by atoms with Crippen molar-refractivity contribution >= 4 is 11.3 Å². The van der Waals surface area contributed by atoms with Crippen LogP contribution in [0, 0.1) is 0 Å². The minimum absolute atomic E-state index is 0.752. The van der Waals surface area contributed by atoms with Crippen molar-refractivity contribution in [3.63, 3.8) is 0 Å². The zero-order valence-electron chi connectivity index (χ0n) is 10.00. The Balaban J connectivity index is 1.93. The highest BCUT2D eigenvalue weighted by Gasteiger charge is 2.02. The lowest BCUT2D eigenvalue weighted by Gasteiger charge is -2.08. The molecule has 0 unspecified atom stereocenters. The first-order valence-electron chi connectivity index (χ1n) is 5.74. The summed E-state index contributed by atoms with van der Waals surface area (Å²) in [6.07, 6.45) is 3.64. The highest BCUT2D eigenvalue weighted by molar-refractivity contribution is 5.47. The van der Waals surface area contributed by atoms with E-state index in [0.717, 1.165) is 23.0 Å². The molecule has 2 aromatic heterocycles. The van der Waals surface area contributed by atoms with Crippen LogP contribution in [-0.4, -0.2) is 16.4 Å². The van der Waals surface area contributed by atoms with Crippen LogP contribution >= 0.6 is 0 Å². The summed E-state index contributed by atoms with van der Waals surface area (Å²) in [5, 5.41) is 3.07. The fourth-order valence-corrected chi connectivity index (χ4v) is 1.82. The van der Waals surface area contributed by atoms with Gasteiger partial charge in [-0.15, -0.1) is 0 Å². The Kier molecular flexibility index (Phi) is 2.61. The van der Waals surface area contributed by atoms with E-state index in [9.17, 15) is 0 Å². The maximum absolute atomic E-state index is 5.84. The van der Waals surface area contributed by atoms with Crippen LogP contribution in [0.15, 0.2) is 54.9 Å². The molecule has 3 aromatic rings. The first-order valence-corrected chi connectivity index (χ1v) is 5.74. The number of ether oxygens (including phenoxy) is 1. The summed E-state index contributed by atoms with van der Waals surface area (Å²) in [4.78, 5) is 4.22. The molecule has 0 aliphatic rings. The lowest BCUT2D eigenvalue weighted by Crippen LogP contribution is -1.93. The van der Waals surface area contributed by atoms with Crippen LogP contribution in [0.2, 0.25) is 0 Å². The van der Waals surface area contributed by atoms with E-state index in [1.807, 2.05) is 60.1 Å². The van der Waals surface area contributed by atoms with Crippen LogP contribution in [0.25, 0.3) is 5.65 Å². The summed E-state index contributed by atoms with van der Waals surface area (Å²) in [5.74, 6) is 1.55. The Morgan fingerprint density at radius 1 is 1.11 bits per heavy atom. The Bertz CT molecular complexity index is 658. The predicted molar refractivity (Wildman–Crippen MR) is 71.3 cm³/mol. The number of nitrogens with one attached hydrogen (secondary N) is 1. The Morgan fingerprint density at radius 3 is 2.72 bits per heavy atom. The van der Waals surface area contributed by atoms with Crippen LogP contribution in [0.5, 0.6) is 11.6 Å². The van der Waals surface area contributed by atoms with Crippen LogP contribution in [0.1, 0.15) is 0 Å². The van der Waals surface area contributed by atoms with Gasteiger partial charge in [-0.25, -0.2) is 4.98 Å². The highest BCUT2D eigenvalue weighted by Crippen LogP contribution is 2.23. The molecule has 0 saturated heterocycles. The first kappa shape index (κ1) is 10.7. The lowest BCUT2D eigenvalue weighted by atomic mass is 10.3. The molecular formula is C14H13N3O. The average Bonchev–Trinajstić information content (AvgIpc) is 2.89. The number of hydrogen-bond acceptors (Lipinski definition) is 3. The molecule has 18 heavy (non-hydrogen) atoms. The molecule has 1 N–H and O–H groups in total. The molecular weight excluding hydrogens is 226 g/mol. The maximum atomic E-state index is 5.84. The van der Waals surface area contributed by atoms with E-state index in [4.69, 9.17) is 4.74 Å². The fraction of sp³-hybridized carbons (Fsp3) is 0.0714. The molecule has 4 nitrogen and oxygen atoms in total. The van der Waals surface area contributed by atoms with Gasteiger partial charge in [0, 0.05) is 25.1 Å². The van der Waals surface area contributed by atoms with E-state index >= 15 is 0 Å². The molecule has 0 radical (unpaired) electrons. The SMILES string of the molecule is CNc1ccc(Oc2cccc3nccn23)cc1. The topological polar surface area (TPSA) is 38.6 Å². The Morgan fingerprint density at radius 2 is 1.94 bits per heavy atom. The summed E-state index contributed by atoms with van der Waals surface area (Å²) < 4.78 is 7.75. The Labute approximate surface area is 105 Å². The third-order valence-electron chi connectivity index (χ3n) is 2.76. The molecule has 90 valence electrons. The van der Waals surface area contributed by atoms with E-state index in [1.54, 1.807) is 6.20 Å². The number of aromatic nitrogens is 2. The van der Waals surface area contributed by atoms with Crippen LogP contribution in [0.3, 0.4) is 0 Å².